The monoisotopic (exact) mass is 263 g/mol. The maximum Gasteiger partial charge on any atom is 0.246 e. The Morgan fingerprint density at radius 2 is 2.05 bits per heavy atom. The highest BCUT2D eigenvalue weighted by molar-refractivity contribution is 5.90. The van der Waals surface area contributed by atoms with Gasteiger partial charge in [-0.25, -0.2) is 0 Å². The third kappa shape index (κ3) is 2.47. The number of amides is 1. The fourth-order valence-corrected chi connectivity index (χ4v) is 1.62. The Bertz CT molecular complexity index is 617. The van der Waals surface area contributed by atoms with Crippen LogP contribution >= 0.6 is 0 Å². The molecule has 6 nitrogen and oxygen atoms in total. The van der Waals surface area contributed by atoms with Crippen molar-refractivity contribution >= 4 is 11.8 Å². The van der Waals surface area contributed by atoms with Crippen molar-refractivity contribution in [2.24, 2.45) is 0 Å². The van der Waals surface area contributed by atoms with Gasteiger partial charge in [-0.2, -0.15) is 0 Å². The fraction of sp³-hybridized carbons (Fsp3) is 0.154. The molecule has 0 saturated heterocycles. The molecule has 1 heterocycles. The molecule has 1 aromatic carbocycles. The summed E-state index contributed by atoms with van der Waals surface area (Å²) in [7, 11) is 1.52. The Labute approximate surface area is 109 Å². The van der Waals surface area contributed by atoms with Gasteiger partial charge in [0.2, 0.25) is 23.3 Å². The van der Waals surface area contributed by atoms with E-state index in [-0.39, 0.29) is 11.6 Å². The lowest BCUT2D eigenvalue weighted by Gasteiger charge is -2.02. The van der Waals surface area contributed by atoms with Crippen molar-refractivity contribution < 1.29 is 24.2 Å². The molecule has 0 fully saturated rings. The van der Waals surface area contributed by atoms with Gasteiger partial charge in [0.1, 0.15) is 5.75 Å². The average Bonchev–Trinajstić information content (AvgIpc) is 2.67. The van der Waals surface area contributed by atoms with E-state index in [1.165, 1.54) is 14.0 Å². The molecule has 2 aromatic rings. The maximum atomic E-state index is 10.9. The van der Waals surface area contributed by atoms with E-state index in [0.717, 1.165) is 0 Å². The van der Waals surface area contributed by atoms with E-state index in [1.54, 1.807) is 24.3 Å². The third-order valence-corrected chi connectivity index (χ3v) is 2.48. The lowest BCUT2D eigenvalue weighted by atomic mass is 10.1. The highest BCUT2D eigenvalue weighted by Crippen LogP contribution is 2.45. The van der Waals surface area contributed by atoms with E-state index >= 15 is 0 Å². The summed E-state index contributed by atoms with van der Waals surface area (Å²) in [6.45, 7) is 1.27. The molecule has 19 heavy (non-hydrogen) atoms. The summed E-state index contributed by atoms with van der Waals surface area (Å²) in [5.41, 5.74) is 0.517. The Kier molecular flexibility index (Phi) is 3.33. The van der Waals surface area contributed by atoms with E-state index in [0.29, 0.717) is 11.3 Å². The summed E-state index contributed by atoms with van der Waals surface area (Å²) in [5.74, 6) is -0.914. The second kappa shape index (κ2) is 4.93. The van der Waals surface area contributed by atoms with Gasteiger partial charge in [0.15, 0.2) is 5.76 Å². The Balaban J connectivity index is 2.47. The van der Waals surface area contributed by atoms with Crippen LogP contribution in [0.15, 0.2) is 28.7 Å². The summed E-state index contributed by atoms with van der Waals surface area (Å²) in [6, 6.07) is 6.76. The maximum absolute atomic E-state index is 10.9. The zero-order chi connectivity index (χ0) is 14.0. The number of hydrogen-bond donors (Lipinski definition) is 3. The van der Waals surface area contributed by atoms with Crippen molar-refractivity contribution in [1.29, 1.82) is 0 Å². The van der Waals surface area contributed by atoms with Crippen molar-refractivity contribution in [2.45, 2.75) is 6.92 Å². The molecule has 0 spiro atoms. The first-order chi connectivity index (χ1) is 9.02. The molecule has 0 atom stereocenters. The number of benzene rings is 1. The van der Waals surface area contributed by atoms with Crippen molar-refractivity contribution in [1.82, 2.24) is 0 Å². The van der Waals surface area contributed by atoms with E-state index in [4.69, 9.17) is 9.15 Å². The predicted molar refractivity (Wildman–Crippen MR) is 68.3 cm³/mol. The summed E-state index contributed by atoms with van der Waals surface area (Å²) in [6.07, 6.45) is 0. The molecule has 1 amide bonds. The Morgan fingerprint density at radius 1 is 1.32 bits per heavy atom. The van der Waals surface area contributed by atoms with Crippen LogP contribution in [0, 0.1) is 0 Å². The highest BCUT2D eigenvalue weighted by Gasteiger charge is 2.21. The average molecular weight is 263 g/mol. The summed E-state index contributed by atoms with van der Waals surface area (Å²) < 4.78 is 10.3. The zero-order valence-electron chi connectivity index (χ0n) is 10.4. The molecule has 0 bridgehead atoms. The molecule has 0 unspecified atom stereocenters. The Morgan fingerprint density at radius 3 is 2.68 bits per heavy atom. The normalized spacial score (nSPS) is 10.2. The van der Waals surface area contributed by atoms with Gasteiger partial charge in [-0.1, -0.05) is 12.1 Å². The quantitative estimate of drug-likeness (QED) is 0.790. The molecule has 2 rings (SSSR count). The first-order valence-corrected chi connectivity index (χ1v) is 5.49. The first-order valence-electron chi connectivity index (χ1n) is 5.49. The molecule has 0 aliphatic heterocycles. The van der Waals surface area contributed by atoms with Gasteiger partial charge in [-0.15, -0.1) is 0 Å². The van der Waals surface area contributed by atoms with Crippen LogP contribution in [0.4, 0.5) is 5.88 Å². The number of furan rings is 1. The number of rotatable bonds is 3. The summed E-state index contributed by atoms with van der Waals surface area (Å²) in [5, 5.41) is 21.8. The summed E-state index contributed by atoms with van der Waals surface area (Å²) in [4.78, 5) is 10.9. The van der Waals surface area contributed by atoms with E-state index in [2.05, 4.69) is 5.32 Å². The van der Waals surface area contributed by atoms with E-state index in [1.807, 2.05) is 0 Å². The fourth-order valence-electron chi connectivity index (χ4n) is 1.62. The minimum Gasteiger partial charge on any atom is -0.502 e. The van der Waals surface area contributed by atoms with Crippen LogP contribution < -0.4 is 10.1 Å². The second-order valence-corrected chi connectivity index (χ2v) is 3.87. The van der Waals surface area contributed by atoms with Crippen LogP contribution in [-0.2, 0) is 4.79 Å². The van der Waals surface area contributed by atoms with Gasteiger partial charge in [-0.05, 0) is 12.1 Å². The topological polar surface area (TPSA) is 91.9 Å². The van der Waals surface area contributed by atoms with Crippen LogP contribution in [-0.4, -0.2) is 23.2 Å². The molecule has 6 heteroatoms. The third-order valence-electron chi connectivity index (χ3n) is 2.48. The van der Waals surface area contributed by atoms with Crippen molar-refractivity contribution in [2.75, 3.05) is 12.4 Å². The van der Waals surface area contributed by atoms with Crippen LogP contribution in [0.5, 0.6) is 17.2 Å². The number of methoxy groups -OCH3 is 1. The Hall–Kier alpha value is -2.63. The molecular weight excluding hydrogens is 250 g/mol. The van der Waals surface area contributed by atoms with Gasteiger partial charge >= 0.3 is 0 Å². The standard InChI is InChI=1S/C13H13NO5/c1-7(15)14-13-11(17)10(16)12(19-13)8-4-3-5-9(6-8)18-2/h3-6,16-17H,1-2H3,(H,14,15). The number of carbonyl (C=O) groups excluding carboxylic acids is 1. The van der Waals surface area contributed by atoms with Crippen LogP contribution in [0.2, 0.25) is 0 Å². The lowest BCUT2D eigenvalue weighted by molar-refractivity contribution is -0.114. The van der Waals surface area contributed by atoms with Gasteiger partial charge in [-0.3, -0.25) is 10.1 Å². The van der Waals surface area contributed by atoms with Gasteiger partial charge in [0, 0.05) is 12.5 Å². The number of ether oxygens (including phenoxy) is 1. The van der Waals surface area contributed by atoms with Crippen LogP contribution in [0.3, 0.4) is 0 Å². The molecule has 0 aliphatic rings. The molecule has 0 radical (unpaired) electrons. The van der Waals surface area contributed by atoms with E-state index < -0.39 is 17.4 Å². The second-order valence-electron chi connectivity index (χ2n) is 3.87. The SMILES string of the molecule is COc1cccc(-c2oc(NC(C)=O)c(O)c2O)c1. The number of nitrogens with one attached hydrogen (secondary N) is 1. The molecule has 0 aliphatic carbocycles. The van der Waals surface area contributed by atoms with Crippen molar-refractivity contribution in [3.63, 3.8) is 0 Å². The zero-order valence-corrected chi connectivity index (χ0v) is 10.4. The molecule has 3 N–H and O–H groups in total. The van der Waals surface area contributed by atoms with E-state index in [9.17, 15) is 15.0 Å². The molecule has 1 aromatic heterocycles. The molecular formula is C13H13NO5. The smallest absolute Gasteiger partial charge is 0.246 e. The van der Waals surface area contributed by atoms with Gasteiger partial charge < -0.3 is 19.4 Å². The number of aromatic hydroxyl groups is 2. The van der Waals surface area contributed by atoms with Crippen LogP contribution in [0.25, 0.3) is 11.3 Å². The van der Waals surface area contributed by atoms with Gasteiger partial charge in [0.05, 0.1) is 7.11 Å². The first kappa shape index (κ1) is 12.8. The number of hydrogen-bond acceptors (Lipinski definition) is 5. The van der Waals surface area contributed by atoms with Crippen molar-refractivity contribution in [3.05, 3.63) is 24.3 Å². The summed E-state index contributed by atoms with van der Waals surface area (Å²) >= 11 is 0. The predicted octanol–water partition coefficient (Wildman–Crippen LogP) is 2.32. The van der Waals surface area contributed by atoms with Crippen molar-refractivity contribution in [3.8, 4) is 28.6 Å². The number of carbonyl (C=O) groups is 1. The molecule has 100 valence electrons. The van der Waals surface area contributed by atoms with Gasteiger partial charge in [0.25, 0.3) is 0 Å². The van der Waals surface area contributed by atoms with Crippen LogP contribution in [0.1, 0.15) is 6.92 Å². The largest absolute Gasteiger partial charge is 0.502 e. The lowest BCUT2D eigenvalue weighted by Crippen LogP contribution is -2.04. The minimum absolute atomic E-state index is 0.0557. The highest BCUT2D eigenvalue weighted by atomic mass is 16.5. The molecule has 0 saturated carbocycles. The minimum atomic E-state index is -0.506. The number of anilines is 1.